The van der Waals surface area contributed by atoms with Crippen molar-refractivity contribution in [2.45, 2.75) is 32.1 Å². The lowest BCUT2D eigenvalue weighted by atomic mass is 9.93. The van der Waals surface area contributed by atoms with E-state index in [2.05, 4.69) is 20.5 Å². The van der Waals surface area contributed by atoms with Crippen LogP contribution in [0.5, 0.6) is 5.75 Å². The number of likely N-dealkylation sites (tertiary alicyclic amines) is 1. The minimum absolute atomic E-state index is 0.0963. The molecule has 1 saturated heterocycles. The fourth-order valence-corrected chi connectivity index (χ4v) is 4.04. The zero-order chi connectivity index (χ0) is 20.4. The Balaban J connectivity index is 1.48. The molecule has 1 aromatic carbocycles. The number of fused-ring (bicyclic) bond motifs is 1. The Labute approximate surface area is 168 Å². The second-order valence-corrected chi connectivity index (χ2v) is 7.46. The van der Waals surface area contributed by atoms with E-state index in [4.69, 9.17) is 4.74 Å². The molecule has 3 aromatic rings. The Morgan fingerprint density at radius 2 is 2.24 bits per heavy atom. The first-order chi connectivity index (χ1) is 14.0. The molecule has 2 aromatic heterocycles. The number of carbonyl (C=O) groups excluding carboxylic acids is 2. The van der Waals surface area contributed by atoms with Gasteiger partial charge in [0.15, 0.2) is 0 Å². The second-order valence-electron chi connectivity index (χ2n) is 7.46. The van der Waals surface area contributed by atoms with Gasteiger partial charge in [-0.2, -0.15) is 5.10 Å². The van der Waals surface area contributed by atoms with Crippen LogP contribution in [0.25, 0.3) is 10.9 Å². The highest BCUT2D eigenvalue weighted by molar-refractivity contribution is 5.90. The van der Waals surface area contributed by atoms with Crippen LogP contribution in [0.15, 0.2) is 30.6 Å². The maximum absolute atomic E-state index is 13.0. The summed E-state index contributed by atoms with van der Waals surface area (Å²) in [5.41, 5.74) is 3.53. The van der Waals surface area contributed by atoms with E-state index in [1.54, 1.807) is 13.3 Å². The van der Waals surface area contributed by atoms with Gasteiger partial charge in [0.25, 0.3) is 0 Å². The van der Waals surface area contributed by atoms with E-state index in [-0.39, 0.29) is 17.7 Å². The summed E-state index contributed by atoms with van der Waals surface area (Å²) in [6.45, 7) is 2.83. The summed E-state index contributed by atoms with van der Waals surface area (Å²) >= 11 is 0. The van der Waals surface area contributed by atoms with E-state index >= 15 is 0 Å². The molecule has 0 radical (unpaired) electrons. The standard InChI is InChI=1S/C21H25N5O3/c1-13(27)24-19-11-23-25-21(19)14-4-3-7-26(12-14)20(28)8-15-10-22-18-6-5-16(29-2)9-17(15)18/h5-6,9-11,14,22H,3-4,7-8,12H2,1-2H3,(H,23,25)(H,24,27). The maximum Gasteiger partial charge on any atom is 0.227 e. The number of anilines is 1. The molecule has 3 N–H and O–H groups in total. The van der Waals surface area contributed by atoms with Gasteiger partial charge in [-0.3, -0.25) is 14.7 Å². The Morgan fingerprint density at radius 3 is 3.03 bits per heavy atom. The molecule has 8 nitrogen and oxygen atoms in total. The van der Waals surface area contributed by atoms with Gasteiger partial charge in [-0.15, -0.1) is 0 Å². The molecule has 3 heterocycles. The van der Waals surface area contributed by atoms with Crippen LogP contribution in [-0.2, 0) is 16.0 Å². The van der Waals surface area contributed by atoms with E-state index < -0.39 is 0 Å². The average molecular weight is 395 g/mol. The number of nitrogens with zero attached hydrogens (tertiary/aromatic N) is 2. The van der Waals surface area contributed by atoms with Gasteiger partial charge in [0, 0.05) is 43.0 Å². The van der Waals surface area contributed by atoms with Gasteiger partial charge in [0.1, 0.15) is 5.75 Å². The third kappa shape index (κ3) is 3.96. The summed E-state index contributed by atoms with van der Waals surface area (Å²) in [5.74, 6) is 0.860. The third-order valence-corrected chi connectivity index (χ3v) is 5.48. The molecule has 8 heteroatoms. The molecule has 4 rings (SSSR count). The lowest BCUT2D eigenvalue weighted by Gasteiger charge is -2.32. The van der Waals surface area contributed by atoms with Crippen LogP contribution >= 0.6 is 0 Å². The highest BCUT2D eigenvalue weighted by Gasteiger charge is 2.28. The minimum atomic E-state index is -0.133. The molecule has 1 fully saturated rings. The Bertz CT molecular complexity index is 1040. The highest BCUT2D eigenvalue weighted by Crippen LogP contribution is 2.31. The van der Waals surface area contributed by atoms with Crippen LogP contribution in [0.3, 0.4) is 0 Å². The summed E-state index contributed by atoms with van der Waals surface area (Å²) in [7, 11) is 1.64. The largest absolute Gasteiger partial charge is 0.497 e. The highest BCUT2D eigenvalue weighted by atomic mass is 16.5. The average Bonchev–Trinajstić information content (AvgIpc) is 3.34. The SMILES string of the molecule is COc1ccc2[nH]cc(CC(=O)N3CCCC(c4[nH]ncc4NC(C)=O)C3)c2c1. The number of hydrogen-bond acceptors (Lipinski definition) is 4. The number of benzene rings is 1. The van der Waals surface area contributed by atoms with Crippen LogP contribution in [0.4, 0.5) is 5.69 Å². The molecular formula is C21H25N5O3. The number of aromatic nitrogens is 3. The van der Waals surface area contributed by atoms with E-state index in [1.807, 2.05) is 29.3 Å². The molecule has 152 valence electrons. The van der Waals surface area contributed by atoms with Gasteiger partial charge >= 0.3 is 0 Å². The molecule has 1 aliphatic heterocycles. The van der Waals surface area contributed by atoms with Gasteiger partial charge in [-0.05, 0) is 36.6 Å². The molecule has 1 atom stereocenters. The number of piperidine rings is 1. The number of amides is 2. The lowest BCUT2D eigenvalue weighted by molar-refractivity contribution is -0.131. The first kappa shape index (κ1) is 19.0. The van der Waals surface area contributed by atoms with E-state index in [0.717, 1.165) is 47.3 Å². The van der Waals surface area contributed by atoms with Crippen molar-refractivity contribution >= 4 is 28.4 Å². The predicted molar refractivity (Wildman–Crippen MR) is 110 cm³/mol. The number of ether oxygens (including phenoxy) is 1. The van der Waals surface area contributed by atoms with Crippen molar-refractivity contribution in [3.8, 4) is 5.75 Å². The fourth-order valence-electron chi connectivity index (χ4n) is 4.04. The molecule has 0 spiro atoms. The fraction of sp³-hybridized carbons (Fsp3) is 0.381. The zero-order valence-electron chi connectivity index (χ0n) is 16.6. The van der Waals surface area contributed by atoms with Crippen LogP contribution in [-0.4, -0.2) is 52.1 Å². The third-order valence-electron chi connectivity index (χ3n) is 5.48. The number of rotatable bonds is 5. The van der Waals surface area contributed by atoms with Crippen LogP contribution in [0.1, 0.15) is 36.9 Å². The minimum Gasteiger partial charge on any atom is -0.497 e. The molecule has 0 aliphatic carbocycles. The van der Waals surface area contributed by atoms with Crippen molar-refractivity contribution in [2.75, 3.05) is 25.5 Å². The van der Waals surface area contributed by atoms with Crippen molar-refractivity contribution in [3.05, 3.63) is 41.9 Å². The van der Waals surface area contributed by atoms with E-state index in [0.29, 0.717) is 18.7 Å². The predicted octanol–water partition coefficient (Wildman–Crippen LogP) is 2.81. The van der Waals surface area contributed by atoms with Gasteiger partial charge in [-0.1, -0.05) is 0 Å². The van der Waals surface area contributed by atoms with Crippen molar-refractivity contribution in [1.29, 1.82) is 0 Å². The number of nitrogens with one attached hydrogen (secondary N) is 3. The smallest absolute Gasteiger partial charge is 0.227 e. The van der Waals surface area contributed by atoms with Crippen LogP contribution in [0.2, 0.25) is 0 Å². The van der Waals surface area contributed by atoms with Gasteiger partial charge < -0.3 is 19.9 Å². The van der Waals surface area contributed by atoms with Gasteiger partial charge in [0.05, 0.1) is 31.1 Å². The van der Waals surface area contributed by atoms with E-state index in [1.165, 1.54) is 6.92 Å². The molecule has 0 bridgehead atoms. The van der Waals surface area contributed by atoms with Crippen LogP contribution in [0, 0.1) is 0 Å². The summed E-state index contributed by atoms with van der Waals surface area (Å²) in [6.07, 6.45) is 5.71. The Morgan fingerprint density at radius 1 is 1.38 bits per heavy atom. The molecule has 1 aliphatic rings. The maximum atomic E-state index is 13.0. The second kappa shape index (κ2) is 7.98. The number of methoxy groups -OCH3 is 1. The quantitative estimate of drug-likeness (QED) is 0.618. The monoisotopic (exact) mass is 395 g/mol. The molecular weight excluding hydrogens is 370 g/mol. The van der Waals surface area contributed by atoms with Gasteiger partial charge in [-0.25, -0.2) is 0 Å². The number of carbonyl (C=O) groups is 2. The zero-order valence-corrected chi connectivity index (χ0v) is 16.6. The summed E-state index contributed by atoms with van der Waals surface area (Å²) < 4.78 is 5.31. The van der Waals surface area contributed by atoms with Crippen molar-refractivity contribution in [2.24, 2.45) is 0 Å². The molecule has 1 unspecified atom stereocenters. The molecule has 2 amide bonds. The number of aromatic amines is 2. The first-order valence-electron chi connectivity index (χ1n) is 9.77. The number of H-pyrrole nitrogens is 2. The summed E-state index contributed by atoms with van der Waals surface area (Å²) in [6, 6.07) is 5.81. The van der Waals surface area contributed by atoms with Gasteiger partial charge in [0.2, 0.25) is 11.8 Å². The topological polar surface area (TPSA) is 103 Å². The van der Waals surface area contributed by atoms with Crippen LogP contribution < -0.4 is 10.1 Å². The lowest BCUT2D eigenvalue weighted by Crippen LogP contribution is -2.40. The molecule has 29 heavy (non-hydrogen) atoms. The first-order valence-corrected chi connectivity index (χ1v) is 9.77. The summed E-state index contributed by atoms with van der Waals surface area (Å²) in [5, 5.41) is 10.9. The summed E-state index contributed by atoms with van der Waals surface area (Å²) in [4.78, 5) is 29.6. The Kier molecular flexibility index (Phi) is 5.24. The molecule has 0 saturated carbocycles. The normalized spacial score (nSPS) is 16.8. The van der Waals surface area contributed by atoms with Crippen molar-refractivity contribution in [1.82, 2.24) is 20.1 Å². The Hall–Kier alpha value is -3.29. The van der Waals surface area contributed by atoms with Crippen molar-refractivity contribution in [3.63, 3.8) is 0 Å². The van der Waals surface area contributed by atoms with E-state index in [9.17, 15) is 9.59 Å². The van der Waals surface area contributed by atoms with Crippen molar-refractivity contribution < 1.29 is 14.3 Å². The number of hydrogen-bond donors (Lipinski definition) is 3.